The summed E-state index contributed by atoms with van der Waals surface area (Å²) in [6.07, 6.45) is 0.968. The van der Waals surface area contributed by atoms with Gasteiger partial charge in [-0.15, -0.1) is 11.6 Å². The van der Waals surface area contributed by atoms with E-state index in [0.717, 1.165) is 18.7 Å². The number of methoxy groups -OCH3 is 1. The topological polar surface area (TPSA) is 21.3 Å². The highest BCUT2D eigenvalue weighted by Crippen LogP contribution is 2.19. The van der Waals surface area contributed by atoms with E-state index in [4.69, 9.17) is 16.3 Å². The van der Waals surface area contributed by atoms with Crippen LogP contribution in [0, 0.1) is 6.92 Å². The van der Waals surface area contributed by atoms with Crippen molar-refractivity contribution in [3.63, 3.8) is 0 Å². The van der Waals surface area contributed by atoms with E-state index in [1.165, 1.54) is 11.1 Å². The molecule has 0 aliphatic carbocycles. The molecule has 1 aromatic carbocycles. The third-order valence-corrected chi connectivity index (χ3v) is 2.93. The molecule has 0 amide bonds. The summed E-state index contributed by atoms with van der Waals surface area (Å²) >= 11 is 5.97. The Labute approximate surface area is 109 Å². The summed E-state index contributed by atoms with van der Waals surface area (Å²) in [5.41, 5.74) is 2.45. The van der Waals surface area contributed by atoms with Gasteiger partial charge in [-0.25, -0.2) is 0 Å². The molecule has 17 heavy (non-hydrogen) atoms. The number of benzene rings is 1. The van der Waals surface area contributed by atoms with Gasteiger partial charge in [0.2, 0.25) is 0 Å². The number of ether oxygens (including phenoxy) is 1. The first-order chi connectivity index (χ1) is 8.02. The van der Waals surface area contributed by atoms with E-state index >= 15 is 0 Å². The molecule has 2 nitrogen and oxygen atoms in total. The molecule has 0 radical (unpaired) electrons. The van der Waals surface area contributed by atoms with Crippen LogP contribution in [0.25, 0.3) is 0 Å². The Morgan fingerprint density at radius 3 is 2.65 bits per heavy atom. The van der Waals surface area contributed by atoms with Crippen LogP contribution in [0.4, 0.5) is 0 Å². The van der Waals surface area contributed by atoms with Gasteiger partial charge >= 0.3 is 0 Å². The third-order valence-electron chi connectivity index (χ3n) is 2.76. The highest BCUT2D eigenvalue weighted by Gasteiger charge is 2.08. The summed E-state index contributed by atoms with van der Waals surface area (Å²) in [7, 11) is 1.71. The molecule has 0 heterocycles. The predicted octanol–water partition coefficient (Wildman–Crippen LogP) is 3.50. The van der Waals surface area contributed by atoms with Crippen LogP contribution >= 0.6 is 11.6 Å². The number of alkyl halides is 1. The van der Waals surface area contributed by atoms with E-state index < -0.39 is 0 Å². The van der Waals surface area contributed by atoms with Gasteiger partial charge in [-0.05, 0) is 33.3 Å². The molecular formula is C14H22ClNO. The number of hydrogen-bond donors (Lipinski definition) is 1. The molecule has 0 bridgehead atoms. The second-order valence-corrected chi connectivity index (χ2v) is 5.36. The SMILES string of the molecule is COc1ccc(C)cc1CNC(C)CC(C)Cl. The number of nitrogens with one attached hydrogen (secondary N) is 1. The zero-order valence-electron chi connectivity index (χ0n) is 11.1. The lowest BCUT2D eigenvalue weighted by atomic mass is 10.1. The molecule has 0 saturated carbocycles. The normalized spacial score (nSPS) is 14.4. The van der Waals surface area contributed by atoms with Crippen molar-refractivity contribution in [3.8, 4) is 5.75 Å². The molecule has 96 valence electrons. The van der Waals surface area contributed by atoms with Crippen LogP contribution in [0.3, 0.4) is 0 Å². The molecule has 0 aromatic heterocycles. The minimum Gasteiger partial charge on any atom is -0.496 e. The van der Waals surface area contributed by atoms with Crippen molar-refractivity contribution < 1.29 is 4.74 Å². The van der Waals surface area contributed by atoms with Gasteiger partial charge in [-0.1, -0.05) is 17.7 Å². The first-order valence-electron chi connectivity index (χ1n) is 6.04. The van der Waals surface area contributed by atoms with Crippen molar-refractivity contribution in [1.82, 2.24) is 5.32 Å². The van der Waals surface area contributed by atoms with E-state index in [0.29, 0.717) is 6.04 Å². The Balaban J connectivity index is 2.58. The highest BCUT2D eigenvalue weighted by atomic mass is 35.5. The molecule has 0 spiro atoms. The second kappa shape index (κ2) is 6.87. The van der Waals surface area contributed by atoms with Crippen LogP contribution in [-0.4, -0.2) is 18.5 Å². The van der Waals surface area contributed by atoms with E-state index in [1.54, 1.807) is 7.11 Å². The molecule has 1 N–H and O–H groups in total. The Bertz CT molecular complexity index is 352. The summed E-state index contributed by atoms with van der Waals surface area (Å²) in [6, 6.07) is 6.64. The number of aryl methyl sites for hydroxylation is 1. The Kier molecular flexibility index (Phi) is 5.79. The van der Waals surface area contributed by atoms with Gasteiger partial charge in [0.25, 0.3) is 0 Å². The summed E-state index contributed by atoms with van der Waals surface area (Å²) in [6.45, 7) is 7.08. The summed E-state index contributed by atoms with van der Waals surface area (Å²) in [4.78, 5) is 0. The molecule has 0 saturated heterocycles. The lowest BCUT2D eigenvalue weighted by Gasteiger charge is -2.16. The Morgan fingerprint density at radius 1 is 1.35 bits per heavy atom. The quantitative estimate of drug-likeness (QED) is 0.786. The fourth-order valence-electron chi connectivity index (χ4n) is 1.90. The summed E-state index contributed by atoms with van der Waals surface area (Å²) in [5, 5.41) is 3.67. The lowest BCUT2D eigenvalue weighted by molar-refractivity contribution is 0.404. The first-order valence-corrected chi connectivity index (χ1v) is 6.47. The molecule has 1 aromatic rings. The maximum absolute atomic E-state index is 5.97. The Morgan fingerprint density at radius 2 is 2.06 bits per heavy atom. The van der Waals surface area contributed by atoms with Gasteiger partial charge in [0, 0.05) is 23.5 Å². The number of rotatable bonds is 6. The van der Waals surface area contributed by atoms with E-state index in [9.17, 15) is 0 Å². The molecule has 2 unspecified atom stereocenters. The van der Waals surface area contributed by atoms with E-state index in [-0.39, 0.29) is 5.38 Å². The van der Waals surface area contributed by atoms with Gasteiger partial charge in [0.05, 0.1) is 7.11 Å². The van der Waals surface area contributed by atoms with Crippen molar-refractivity contribution >= 4 is 11.6 Å². The lowest BCUT2D eigenvalue weighted by Crippen LogP contribution is -2.27. The van der Waals surface area contributed by atoms with Crippen LogP contribution < -0.4 is 10.1 Å². The average molecular weight is 256 g/mol. The van der Waals surface area contributed by atoms with Crippen molar-refractivity contribution in [2.45, 2.75) is 45.2 Å². The van der Waals surface area contributed by atoms with Crippen LogP contribution in [0.15, 0.2) is 18.2 Å². The van der Waals surface area contributed by atoms with Crippen molar-refractivity contribution in [1.29, 1.82) is 0 Å². The fourth-order valence-corrected chi connectivity index (χ4v) is 2.17. The first kappa shape index (κ1) is 14.3. The Hall–Kier alpha value is -0.730. The summed E-state index contributed by atoms with van der Waals surface area (Å²) in [5.74, 6) is 0.939. The second-order valence-electron chi connectivity index (χ2n) is 4.61. The van der Waals surface area contributed by atoms with Crippen LogP contribution in [0.5, 0.6) is 5.75 Å². The average Bonchev–Trinajstić information content (AvgIpc) is 2.25. The number of halogens is 1. The van der Waals surface area contributed by atoms with E-state index in [2.05, 4.69) is 31.3 Å². The highest BCUT2D eigenvalue weighted by molar-refractivity contribution is 6.20. The smallest absolute Gasteiger partial charge is 0.123 e. The zero-order chi connectivity index (χ0) is 12.8. The maximum atomic E-state index is 5.97. The van der Waals surface area contributed by atoms with Gasteiger partial charge in [-0.2, -0.15) is 0 Å². The standard InChI is InChI=1S/C14H22ClNO/c1-10-5-6-14(17-4)13(7-10)9-16-12(3)8-11(2)15/h5-7,11-12,16H,8-9H2,1-4H3. The maximum Gasteiger partial charge on any atom is 0.123 e. The van der Waals surface area contributed by atoms with Crippen molar-refractivity contribution in [3.05, 3.63) is 29.3 Å². The molecule has 2 atom stereocenters. The minimum absolute atomic E-state index is 0.205. The molecule has 1 rings (SSSR count). The van der Waals surface area contributed by atoms with Gasteiger partial charge < -0.3 is 10.1 Å². The molecule has 0 fully saturated rings. The van der Waals surface area contributed by atoms with Crippen molar-refractivity contribution in [2.24, 2.45) is 0 Å². The van der Waals surface area contributed by atoms with Crippen LogP contribution in [-0.2, 0) is 6.54 Å². The van der Waals surface area contributed by atoms with Gasteiger partial charge in [0.15, 0.2) is 0 Å². The van der Waals surface area contributed by atoms with E-state index in [1.807, 2.05) is 13.0 Å². The fraction of sp³-hybridized carbons (Fsp3) is 0.571. The van der Waals surface area contributed by atoms with Crippen molar-refractivity contribution in [2.75, 3.05) is 7.11 Å². The number of hydrogen-bond acceptors (Lipinski definition) is 2. The van der Waals surface area contributed by atoms with Gasteiger partial charge in [-0.3, -0.25) is 0 Å². The molecule has 0 aliphatic rings. The minimum atomic E-state index is 0.205. The van der Waals surface area contributed by atoms with Gasteiger partial charge in [0.1, 0.15) is 5.75 Å². The summed E-state index contributed by atoms with van der Waals surface area (Å²) < 4.78 is 5.35. The molecule has 0 aliphatic heterocycles. The third kappa shape index (κ3) is 4.97. The predicted molar refractivity (Wildman–Crippen MR) is 74.0 cm³/mol. The van der Waals surface area contributed by atoms with Crippen LogP contribution in [0.1, 0.15) is 31.4 Å². The zero-order valence-corrected chi connectivity index (χ0v) is 11.8. The monoisotopic (exact) mass is 255 g/mol. The van der Waals surface area contributed by atoms with Crippen LogP contribution in [0.2, 0.25) is 0 Å². The molecule has 3 heteroatoms. The largest absolute Gasteiger partial charge is 0.496 e. The molecular weight excluding hydrogens is 234 g/mol.